The van der Waals surface area contributed by atoms with E-state index in [9.17, 15) is 12.8 Å². The predicted octanol–water partition coefficient (Wildman–Crippen LogP) is 2.07. The van der Waals surface area contributed by atoms with Gasteiger partial charge in [-0.2, -0.15) is 0 Å². The quantitative estimate of drug-likeness (QED) is 0.880. The van der Waals surface area contributed by atoms with Crippen LogP contribution in [0.3, 0.4) is 0 Å². The van der Waals surface area contributed by atoms with Crippen LogP contribution in [0.25, 0.3) is 0 Å². The molecular formula is C13H14FN3O2S2. The van der Waals surface area contributed by atoms with Crippen molar-refractivity contribution in [3.63, 3.8) is 0 Å². The van der Waals surface area contributed by atoms with Crippen LogP contribution < -0.4 is 10.5 Å². The van der Waals surface area contributed by atoms with Gasteiger partial charge in [-0.05, 0) is 24.5 Å². The van der Waals surface area contributed by atoms with Gasteiger partial charge in [0.2, 0.25) is 10.0 Å². The minimum Gasteiger partial charge on any atom is -0.361 e. The maximum Gasteiger partial charge on any atom is 0.249 e. The molecule has 0 aliphatic heterocycles. The van der Waals surface area contributed by atoms with Crippen LogP contribution in [-0.2, 0) is 15.4 Å². The van der Waals surface area contributed by atoms with Crippen molar-refractivity contribution in [1.82, 2.24) is 4.98 Å². The SMILES string of the molecule is NS(=O)(=O)c1cnc(NCC2(c3ccccc3F)CC2)s1. The van der Waals surface area contributed by atoms with Crippen LogP contribution in [0.2, 0.25) is 0 Å². The van der Waals surface area contributed by atoms with Crippen molar-refractivity contribution in [1.29, 1.82) is 0 Å². The number of nitrogens with two attached hydrogens (primary N) is 1. The van der Waals surface area contributed by atoms with E-state index in [0.29, 0.717) is 17.2 Å². The Morgan fingerprint density at radius 3 is 2.67 bits per heavy atom. The first-order chi connectivity index (χ1) is 9.91. The van der Waals surface area contributed by atoms with Crippen molar-refractivity contribution in [2.45, 2.75) is 22.5 Å². The summed E-state index contributed by atoms with van der Waals surface area (Å²) in [4.78, 5) is 3.98. The number of halogens is 1. The number of benzene rings is 1. The van der Waals surface area contributed by atoms with E-state index in [0.717, 1.165) is 24.2 Å². The van der Waals surface area contributed by atoms with Crippen LogP contribution in [-0.4, -0.2) is 19.9 Å². The molecule has 0 radical (unpaired) electrons. The van der Waals surface area contributed by atoms with Gasteiger partial charge in [-0.1, -0.05) is 29.5 Å². The molecule has 21 heavy (non-hydrogen) atoms. The Bertz CT molecular complexity index is 769. The van der Waals surface area contributed by atoms with Crippen LogP contribution in [0.4, 0.5) is 9.52 Å². The number of nitrogens with one attached hydrogen (secondary N) is 1. The lowest BCUT2D eigenvalue weighted by molar-refractivity contribution is 0.578. The van der Waals surface area contributed by atoms with E-state index in [1.165, 1.54) is 12.3 Å². The van der Waals surface area contributed by atoms with E-state index in [1.807, 2.05) is 6.07 Å². The fraction of sp³-hybridized carbons (Fsp3) is 0.308. The van der Waals surface area contributed by atoms with Crippen molar-refractivity contribution in [3.05, 3.63) is 41.8 Å². The summed E-state index contributed by atoms with van der Waals surface area (Å²) in [5.41, 5.74) is 0.472. The average Bonchev–Trinajstić information content (AvgIpc) is 3.04. The van der Waals surface area contributed by atoms with Gasteiger partial charge in [-0.25, -0.2) is 22.9 Å². The third kappa shape index (κ3) is 2.92. The smallest absolute Gasteiger partial charge is 0.249 e. The Hall–Kier alpha value is -1.51. The Kier molecular flexibility index (Phi) is 3.46. The molecule has 0 saturated heterocycles. The molecule has 1 aliphatic carbocycles. The second-order valence-electron chi connectivity index (χ2n) is 5.14. The first-order valence-corrected chi connectivity index (χ1v) is 8.75. The highest BCUT2D eigenvalue weighted by Crippen LogP contribution is 2.49. The zero-order chi connectivity index (χ0) is 15.1. The zero-order valence-electron chi connectivity index (χ0n) is 11.0. The molecule has 1 heterocycles. The number of primary sulfonamides is 1. The summed E-state index contributed by atoms with van der Waals surface area (Å²) in [6.45, 7) is 0.519. The van der Waals surface area contributed by atoms with Crippen LogP contribution >= 0.6 is 11.3 Å². The van der Waals surface area contributed by atoms with Crippen molar-refractivity contribution in [2.75, 3.05) is 11.9 Å². The first kappa shape index (κ1) is 14.4. The molecule has 8 heteroatoms. The van der Waals surface area contributed by atoms with Crippen LogP contribution in [0, 0.1) is 5.82 Å². The minimum absolute atomic E-state index is 0.0146. The van der Waals surface area contributed by atoms with Gasteiger partial charge in [0, 0.05) is 12.0 Å². The van der Waals surface area contributed by atoms with E-state index in [1.54, 1.807) is 12.1 Å². The highest BCUT2D eigenvalue weighted by molar-refractivity contribution is 7.91. The van der Waals surface area contributed by atoms with Gasteiger partial charge in [0.05, 0.1) is 6.20 Å². The number of rotatable bonds is 5. The average molecular weight is 327 g/mol. The van der Waals surface area contributed by atoms with E-state index in [2.05, 4.69) is 10.3 Å². The number of nitrogens with zero attached hydrogens (tertiary/aromatic N) is 1. The number of sulfonamides is 1. The third-order valence-corrected chi connectivity index (χ3v) is 6.00. The Morgan fingerprint density at radius 1 is 1.38 bits per heavy atom. The fourth-order valence-corrected chi connectivity index (χ4v) is 3.75. The topological polar surface area (TPSA) is 85.1 Å². The van der Waals surface area contributed by atoms with Gasteiger partial charge in [0.25, 0.3) is 0 Å². The number of hydrogen-bond acceptors (Lipinski definition) is 5. The lowest BCUT2D eigenvalue weighted by atomic mass is 9.95. The molecule has 2 aromatic rings. The molecule has 112 valence electrons. The summed E-state index contributed by atoms with van der Waals surface area (Å²) in [6, 6.07) is 6.74. The molecular weight excluding hydrogens is 313 g/mol. The molecule has 1 aromatic carbocycles. The normalized spacial score (nSPS) is 16.7. The summed E-state index contributed by atoms with van der Waals surface area (Å²) in [5, 5.41) is 8.60. The monoisotopic (exact) mass is 327 g/mol. The molecule has 5 nitrogen and oxygen atoms in total. The fourth-order valence-electron chi connectivity index (χ4n) is 2.30. The molecule has 1 aliphatic rings. The molecule has 1 aromatic heterocycles. The summed E-state index contributed by atoms with van der Waals surface area (Å²) in [6.07, 6.45) is 3.02. The highest BCUT2D eigenvalue weighted by Gasteiger charge is 2.45. The maximum absolute atomic E-state index is 13.9. The first-order valence-electron chi connectivity index (χ1n) is 6.38. The Morgan fingerprint density at radius 2 is 2.10 bits per heavy atom. The van der Waals surface area contributed by atoms with Gasteiger partial charge in [0.15, 0.2) is 9.34 Å². The maximum atomic E-state index is 13.9. The van der Waals surface area contributed by atoms with E-state index in [-0.39, 0.29) is 15.4 Å². The summed E-state index contributed by atoms with van der Waals surface area (Å²) in [5.74, 6) is -0.207. The minimum atomic E-state index is -3.72. The van der Waals surface area contributed by atoms with Gasteiger partial charge >= 0.3 is 0 Å². The largest absolute Gasteiger partial charge is 0.361 e. The molecule has 3 N–H and O–H groups in total. The van der Waals surface area contributed by atoms with Crippen LogP contribution in [0.1, 0.15) is 18.4 Å². The molecule has 0 atom stereocenters. The standard InChI is InChI=1S/C13H14FN3O2S2/c14-10-4-2-1-3-9(10)13(5-6-13)8-17-12-16-7-11(20-12)21(15,18)19/h1-4,7H,5-6,8H2,(H,16,17)(H2,15,18,19). The van der Waals surface area contributed by atoms with Crippen molar-refractivity contribution in [3.8, 4) is 0 Å². The Labute approximate surface area is 126 Å². The van der Waals surface area contributed by atoms with Crippen molar-refractivity contribution >= 4 is 26.5 Å². The van der Waals surface area contributed by atoms with Crippen LogP contribution in [0.15, 0.2) is 34.7 Å². The van der Waals surface area contributed by atoms with Gasteiger partial charge in [0.1, 0.15) is 5.82 Å². The zero-order valence-corrected chi connectivity index (χ0v) is 12.7. The van der Waals surface area contributed by atoms with E-state index in [4.69, 9.17) is 5.14 Å². The van der Waals surface area contributed by atoms with E-state index >= 15 is 0 Å². The summed E-state index contributed by atoms with van der Waals surface area (Å²) >= 11 is 0.979. The third-order valence-electron chi connectivity index (χ3n) is 3.64. The molecule has 0 amide bonds. The second kappa shape index (κ2) is 5.04. The Balaban J connectivity index is 1.74. The lowest BCUT2D eigenvalue weighted by Crippen LogP contribution is -2.20. The van der Waals surface area contributed by atoms with Crippen molar-refractivity contribution in [2.24, 2.45) is 5.14 Å². The summed E-state index contributed by atoms with van der Waals surface area (Å²) in [7, 11) is -3.72. The predicted molar refractivity (Wildman–Crippen MR) is 79.3 cm³/mol. The molecule has 3 rings (SSSR count). The number of aromatic nitrogens is 1. The van der Waals surface area contributed by atoms with Gasteiger partial charge < -0.3 is 5.32 Å². The highest BCUT2D eigenvalue weighted by atomic mass is 32.2. The number of hydrogen-bond donors (Lipinski definition) is 2. The molecule has 1 fully saturated rings. The molecule has 0 unspecified atom stereocenters. The number of anilines is 1. The van der Waals surface area contributed by atoms with Crippen LogP contribution in [0.5, 0.6) is 0 Å². The summed E-state index contributed by atoms with van der Waals surface area (Å²) < 4.78 is 36.3. The van der Waals surface area contributed by atoms with Gasteiger partial charge in [-0.15, -0.1) is 0 Å². The second-order valence-corrected chi connectivity index (χ2v) is 7.96. The van der Waals surface area contributed by atoms with Crippen molar-refractivity contribution < 1.29 is 12.8 Å². The van der Waals surface area contributed by atoms with Gasteiger partial charge in [-0.3, -0.25) is 0 Å². The molecule has 1 saturated carbocycles. The molecule has 0 spiro atoms. The lowest BCUT2D eigenvalue weighted by Gasteiger charge is -2.16. The number of thiazole rings is 1. The molecule has 0 bridgehead atoms. The van der Waals surface area contributed by atoms with E-state index < -0.39 is 10.0 Å².